The lowest BCUT2D eigenvalue weighted by Gasteiger charge is -2.23. The lowest BCUT2D eigenvalue weighted by atomic mass is 10.1. The highest BCUT2D eigenvalue weighted by atomic mass is 35.5. The maximum atomic E-state index is 6.14. The lowest BCUT2D eigenvalue weighted by Crippen LogP contribution is -2.27. The molecule has 2 rings (SSSR count). The summed E-state index contributed by atoms with van der Waals surface area (Å²) < 4.78 is 5.67. The van der Waals surface area contributed by atoms with E-state index in [1.54, 1.807) is 6.07 Å². The number of nitrogens with one attached hydrogen (secondary N) is 2. The number of hydrogen-bond donors (Lipinski definition) is 2. The fourth-order valence-corrected chi connectivity index (χ4v) is 2.55. The minimum absolute atomic E-state index is 0.241. The molecule has 6 heteroatoms. The molecule has 0 spiro atoms. The molecule has 0 radical (unpaired) electrons. The monoisotopic (exact) mass is 303 g/mol. The highest BCUT2D eigenvalue weighted by molar-refractivity contribution is 6.37. The predicted molar refractivity (Wildman–Crippen MR) is 80.5 cm³/mol. The van der Waals surface area contributed by atoms with Gasteiger partial charge in [-0.3, -0.25) is 0 Å². The van der Waals surface area contributed by atoms with Gasteiger partial charge in [0.15, 0.2) is 0 Å². The molecule has 2 heterocycles. The Kier molecular flexibility index (Phi) is 5.55. The molecule has 19 heavy (non-hydrogen) atoms. The number of ether oxygens (including phenoxy) is 1. The van der Waals surface area contributed by atoms with Crippen molar-refractivity contribution < 1.29 is 4.74 Å². The van der Waals surface area contributed by atoms with Crippen LogP contribution < -0.4 is 10.6 Å². The van der Waals surface area contributed by atoms with Crippen molar-refractivity contribution in [3.05, 3.63) is 16.1 Å². The molecule has 1 fully saturated rings. The Bertz CT molecular complexity index is 423. The van der Waals surface area contributed by atoms with E-state index in [1.165, 1.54) is 6.42 Å². The molecule has 1 aliphatic rings. The average Bonchev–Trinajstić information content (AvgIpc) is 2.42. The summed E-state index contributed by atoms with van der Waals surface area (Å²) in [5.74, 6) is 1.30. The molecule has 0 saturated carbocycles. The van der Waals surface area contributed by atoms with E-state index < -0.39 is 0 Å². The highest BCUT2D eigenvalue weighted by Gasteiger charge is 2.15. The lowest BCUT2D eigenvalue weighted by molar-refractivity contribution is 0.0247. The van der Waals surface area contributed by atoms with Gasteiger partial charge in [0.1, 0.15) is 11.6 Å². The first kappa shape index (κ1) is 14.7. The number of halogens is 2. The zero-order chi connectivity index (χ0) is 13.7. The van der Waals surface area contributed by atoms with Gasteiger partial charge < -0.3 is 15.4 Å². The third-order valence-electron chi connectivity index (χ3n) is 3.04. The second-order valence-electron chi connectivity index (χ2n) is 4.55. The number of hydrogen-bond acceptors (Lipinski definition) is 4. The molecule has 1 aromatic rings. The smallest absolute Gasteiger partial charge is 0.147 e. The van der Waals surface area contributed by atoms with E-state index in [0.29, 0.717) is 21.7 Å². The minimum Gasteiger partial charge on any atom is -0.376 e. The zero-order valence-corrected chi connectivity index (χ0v) is 12.5. The summed E-state index contributed by atoms with van der Waals surface area (Å²) in [4.78, 5) is 4.40. The maximum absolute atomic E-state index is 6.14. The molecule has 0 aliphatic carbocycles. The van der Waals surface area contributed by atoms with Crippen LogP contribution in [-0.2, 0) is 4.74 Å². The Morgan fingerprint density at radius 3 is 2.63 bits per heavy atom. The van der Waals surface area contributed by atoms with Crippen molar-refractivity contribution in [3.63, 3.8) is 0 Å². The summed E-state index contributed by atoms with van der Waals surface area (Å²) in [6.45, 7) is 4.33. The van der Waals surface area contributed by atoms with Crippen molar-refractivity contribution in [1.82, 2.24) is 4.98 Å². The number of pyridine rings is 1. The second-order valence-corrected chi connectivity index (χ2v) is 5.36. The summed E-state index contributed by atoms with van der Waals surface area (Å²) in [5, 5.41) is 7.41. The summed E-state index contributed by atoms with van der Waals surface area (Å²) in [5.41, 5.74) is 0. The Balaban J connectivity index is 2.00. The van der Waals surface area contributed by atoms with Crippen molar-refractivity contribution in [1.29, 1.82) is 0 Å². The first-order valence-electron chi connectivity index (χ1n) is 6.66. The first-order valence-corrected chi connectivity index (χ1v) is 7.41. The average molecular weight is 304 g/mol. The van der Waals surface area contributed by atoms with E-state index in [4.69, 9.17) is 27.9 Å². The Hall–Kier alpha value is -0.710. The molecular formula is C13H19Cl2N3O. The summed E-state index contributed by atoms with van der Waals surface area (Å²) in [6.07, 6.45) is 3.70. The fourth-order valence-electron chi connectivity index (χ4n) is 2.06. The van der Waals surface area contributed by atoms with E-state index in [-0.39, 0.29) is 6.10 Å². The van der Waals surface area contributed by atoms with E-state index in [2.05, 4.69) is 15.6 Å². The topological polar surface area (TPSA) is 46.2 Å². The number of nitrogens with zero attached hydrogens (tertiary/aromatic N) is 1. The van der Waals surface area contributed by atoms with Crippen molar-refractivity contribution in [2.24, 2.45) is 0 Å². The predicted octanol–water partition coefficient (Wildman–Crippen LogP) is 3.80. The fraction of sp³-hybridized carbons (Fsp3) is 0.615. The van der Waals surface area contributed by atoms with Crippen LogP contribution in [0.3, 0.4) is 0 Å². The molecule has 2 N–H and O–H groups in total. The van der Waals surface area contributed by atoms with Gasteiger partial charge in [-0.2, -0.15) is 0 Å². The Morgan fingerprint density at radius 2 is 2.00 bits per heavy atom. The van der Waals surface area contributed by atoms with E-state index >= 15 is 0 Å². The van der Waals surface area contributed by atoms with Crippen LogP contribution in [0.5, 0.6) is 0 Å². The third-order valence-corrected chi connectivity index (χ3v) is 3.62. The van der Waals surface area contributed by atoms with Gasteiger partial charge in [0, 0.05) is 19.7 Å². The largest absolute Gasteiger partial charge is 0.376 e. The summed E-state index contributed by atoms with van der Waals surface area (Å²) in [6, 6.07) is 1.71. The van der Waals surface area contributed by atoms with Crippen LogP contribution in [0.15, 0.2) is 6.07 Å². The van der Waals surface area contributed by atoms with Crippen molar-refractivity contribution in [2.45, 2.75) is 32.3 Å². The molecule has 1 saturated heterocycles. The molecule has 0 amide bonds. The van der Waals surface area contributed by atoms with Gasteiger partial charge in [-0.05, 0) is 32.3 Å². The van der Waals surface area contributed by atoms with Crippen LogP contribution in [0.25, 0.3) is 0 Å². The van der Waals surface area contributed by atoms with Crippen LogP contribution in [0.2, 0.25) is 10.0 Å². The molecule has 0 aromatic carbocycles. The number of anilines is 2. The van der Waals surface area contributed by atoms with Gasteiger partial charge in [-0.15, -0.1) is 0 Å². The van der Waals surface area contributed by atoms with E-state index in [0.717, 1.165) is 32.5 Å². The minimum atomic E-state index is 0.241. The standard InChI is InChI=1S/C13H19Cl2N3O/c1-2-16-12-10(14)7-11(15)13(18-12)17-8-9-5-3-4-6-19-9/h7,9H,2-6,8H2,1H3,(H2,16,17,18). The van der Waals surface area contributed by atoms with Gasteiger partial charge >= 0.3 is 0 Å². The van der Waals surface area contributed by atoms with Crippen molar-refractivity contribution in [2.75, 3.05) is 30.3 Å². The highest BCUT2D eigenvalue weighted by Crippen LogP contribution is 2.29. The summed E-state index contributed by atoms with van der Waals surface area (Å²) >= 11 is 12.2. The molecule has 1 aromatic heterocycles. The molecule has 1 aliphatic heterocycles. The Morgan fingerprint density at radius 1 is 1.26 bits per heavy atom. The van der Waals surface area contributed by atoms with Gasteiger partial charge in [-0.25, -0.2) is 4.98 Å². The normalized spacial score (nSPS) is 19.2. The van der Waals surface area contributed by atoms with Gasteiger partial charge in [0.05, 0.1) is 16.1 Å². The molecule has 1 atom stereocenters. The van der Waals surface area contributed by atoms with Crippen LogP contribution in [0, 0.1) is 0 Å². The maximum Gasteiger partial charge on any atom is 0.147 e. The quantitative estimate of drug-likeness (QED) is 0.868. The molecule has 0 bridgehead atoms. The van der Waals surface area contributed by atoms with Crippen LogP contribution in [0.4, 0.5) is 11.6 Å². The van der Waals surface area contributed by atoms with E-state index in [9.17, 15) is 0 Å². The molecule has 1 unspecified atom stereocenters. The first-order chi connectivity index (χ1) is 9.20. The molecular weight excluding hydrogens is 285 g/mol. The van der Waals surface area contributed by atoms with Crippen molar-refractivity contribution in [3.8, 4) is 0 Å². The van der Waals surface area contributed by atoms with Crippen LogP contribution >= 0.6 is 23.2 Å². The SMILES string of the molecule is CCNc1nc(NCC2CCCCO2)c(Cl)cc1Cl. The zero-order valence-electron chi connectivity index (χ0n) is 11.0. The number of aromatic nitrogens is 1. The van der Waals surface area contributed by atoms with Crippen LogP contribution in [0.1, 0.15) is 26.2 Å². The van der Waals surface area contributed by atoms with Gasteiger partial charge in [-0.1, -0.05) is 23.2 Å². The van der Waals surface area contributed by atoms with Gasteiger partial charge in [0.2, 0.25) is 0 Å². The number of rotatable bonds is 5. The van der Waals surface area contributed by atoms with Crippen molar-refractivity contribution >= 4 is 34.8 Å². The molecule has 4 nitrogen and oxygen atoms in total. The third kappa shape index (κ3) is 4.13. The second kappa shape index (κ2) is 7.17. The Labute approximate surface area is 123 Å². The summed E-state index contributed by atoms with van der Waals surface area (Å²) in [7, 11) is 0. The van der Waals surface area contributed by atoms with Gasteiger partial charge in [0.25, 0.3) is 0 Å². The van der Waals surface area contributed by atoms with Crippen LogP contribution in [-0.4, -0.2) is 30.8 Å². The van der Waals surface area contributed by atoms with E-state index in [1.807, 2.05) is 6.92 Å². The molecule has 106 valence electrons.